The predicted octanol–water partition coefficient (Wildman–Crippen LogP) is 4.91. The number of rotatable bonds is 3. The number of hydrogen-bond acceptors (Lipinski definition) is 2. The maximum absolute atomic E-state index is 13.7. The van der Waals surface area contributed by atoms with Gasteiger partial charge in [-0.15, -0.1) is 0 Å². The van der Waals surface area contributed by atoms with Gasteiger partial charge >= 0.3 is 0 Å². The second kappa shape index (κ2) is 6.82. The molecule has 126 valence electrons. The van der Waals surface area contributed by atoms with Crippen LogP contribution in [0.2, 0.25) is 0 Å². The quantitative estimate of drug-likeness (QED) is 0.799. The smallest absolute Gasteiger partial charge is 0.123 e. The molecule has 2 bridgehead atoms. The maximum Gasteiger partial charge on any atom is 0.123 e. The van der Waals surface area contributed by atoms with E-state index in [9.17, 15) is 9.65 Å². The molecular weight excluding hydrogens is 311 g/mol. The van der Waals surface area contributed by atoms with Crippen molar-refractivity contribution in [3.05, 3.63) is 77.1 Å². The van der Waals surface area contributed by atoms with Gasteiger partial charge in [0, 0.05) is 18.6 Å². The Labute approximate surface area is 148 Å². The topological polar surface area (TPSA) is 27.0 Å². The second-order valence-corrected chi connectivity index (χ2v) is 7.01. The van der Waals surface area contributed by atoms with Crippen LogP contribution in [0.4, 0.5) is 4.39 Å². The summed E-state index contributed by atoms with van der Waals surface area (Å²) >= 11 is 0. The highest BCUT2D eigenvalue weighted by atomic mass is 19.1. The fourth-order valence-corrected chi connectivity index (χ4v) is 4.24. The summed E-state index contributed by atoms with van der Waals surface area (Å²) in [5, 5.41) is 9.38. The average molecular weight is 332 g/mol. The van der Waals surface area contributed by atoms with Crippen LogP contribution in [0.5, 0.6) is 0 Å². The van der Waals surface area contributed by atoms with Crippen LogP contribution in [-0.2, 0) is 6.54 Å². The molecule has 0 N–H and O–H groups in total. The van der Waals surface area contributed by atoms with Crippen LogP contribution in [0.15, 0.2) is 54.6 Å². The third-order valence-electron chi connectivity index (χ3n) is 5.44. The Morgan fingerprint density at radius 3 is 2.72 bits per heavy atom. The largest absolute Gasteiger partial charge is 0.289 e. The van der Waals surface area contributed by atoms with E-state index in [4.69, 9.17) is 0 Å². The van der Waals surface area contributed by atoms with E-state index in [1.807, 2.05) is 6.07 Å². The molecule has 0 saturated carbocycles. The summed E-state index contributed by atoms with van der Waals surface area (Å²) in [5.74, 6) is -0.272. The Morgan fingerprint density at radius 2 is 1.96 bits per heavy atom. The van der Waals surface area contributed by atoms with E-state index >= 15 is 0 Å². The van der Waals surface area contributed by atoms with Crippen LogP contribution in [0.1, 0.15) is 42.4 Å². The Kier molecular flexibility index (Phi) is 4.38. The molecule has 1 saturated heterocycles. The lowest BCUT2D eigenvalue weighted by molar-refractivity contribution is 0.0951. The fraction of sp³-hybridized carbons (Fsp3) is 0.318. The normalized spacial score (nSPS) is 23.0. The van der Waals surface area contributed by atoms with Crippen LogP contribution in [0.25, 0.3) is 5.57 Å². The van der Waals surface area contributed by atoms with Crippen LogP contribution < -0.4 is 0 Å². The van der Waals surface area contributed by atoms with Gasteiger partial charge < -0.3 is 0 Å². The second-order valence-electron chi connectivity index (χ2n) is 7.01. The first-order valence-electron chi connectivity index (χ1n) is 8.95. The summed E-state index contributed by atoms with van der Waals surface area (Å²) in [6.07, 6.45) is 6.69. The minimum atomic E-state index is -0.272. The van der Waals surface area contributed by atoms with Crippen molar-refractivity contribution in [3.63, 3.8) is 0 Å². The van der Waals surface area contributed by atoms with Gasteiger partial charge in [0.05, 0.1) is 11.6 Å². The van der Waals surface area contributed by atoms with Crippen molar-refractivity contribution in [2.45, 2.75) is 44.3 Å². The third-order valence-corrected chi connectivity index (χ3v) is 5.44. The zero-order valence-corrected chi connectivity index (χ0v) is 14.2. The lowest BCUT2D eigenvalue weighted by Crippen LogP contribution is -2.47. The van der Waals surface area contributed by atoms with Crippen LogP contribution in [0, 0.1) is 17.1 Å². The molecule has 2 nitrogen and oxygen atoms in total. The van der Waals surface area contributed by atoms with Crippen LogP contribution >= 0.6 is 0 Å². The molecule has 3 heteroatoms. The molecule has 0 radical (unpaired) electrons. The van der Waals surface area contributed by atoms with Crippen molar-refractivity contribution in [3.8, 4) is 6.07 Å². The molecule has 2 aromatic rings. The van der Waals surface area contributed by atoms with E-state index in [-0.39, 0.29) is 5.82 Å². The van der Waals surface area contributed by atoms with Crippen molar-refractivity contribution in [2.75, 3.05) is 0 Å². The highest BCUT2D eigenvalue weighted by Gasteiger charge is 2.34. The van der Waals surface area contributed by atoms with Gasteiger partial charge in [0.1, 0.15) is 5.82 Å². The number of nitrogens with zero attached hydrogens (tertiary/aromatic N) is 2. The van der Waals surface area contributed by atoms with Crippen LogP contribution in [-0.4, -0.2) is 17.0 Å². The monoisotopic (exact) mass is 332 g/mol. The number of nitriles is 1. The molecule has 1 fully saturated rings. The minimum absolute atomic E-state index is 0.272. The van der Waals surface area contributed by atoms with Crippen molar-refractivity contribution in [1.82, 2.24) is 4.90 Å². The number of halogens is 1. The number of fused-ring (bicyclic) bond motifs is 2. The van der Waals surface area contributed by atoms with Crippen molar-refractivity contribution < 1.29 is 4.39 Å². The lowest BCUT2D eigenvalue weighted by Gasteiger charge is -2.45. The molecule has 2 atom stereocenters. The van der Waals surface area contributed by atoms with E-state index in [0.29, 0.717) is 17.6 Å². The van der Waals surface area contributed by atoms with Crippen molar-refractivity contribution in [2.24, 2.45) is 0 Å². The predicted molar refractivity (Wildman–Crippen MR) is 97.1 cm³/mol. The van der Waals surface area contributed by atoms with Gasteiger partial charge in [0.15, 0.2) is 0 Å². The Balaban J connectivity index is 1.66. The molecular formula is C22H21FN2. The summed E-state index contributed by atoms with van der Waals surface area (Å²) in [4.78, 5) is 2.58. The zero-order chi connectivity index (χ0) is 17.2. The Hall–Kier alpha value is -2.44. The number of hydrogen-bond donors (Lipinski definition) is 0. The molecule has 25 heavy (non-hydrogen) atoms. The van der Waals surface area contributed by atoms with E-state index in [2.05, 4.69) is 41.3 Å². The van der Waals surface area contributed by atoms with E-state index < -0.39 is 0 Å². The number of benzene rings is 2. The third kappa shape index (κ3) is 3.23. The standard InChI is InChI=1S/C22H21FN2/c23-19-10-9-17(14-24)22(13-19)18-11-20-7-4-8-21(12-18)25(20)15-16-5-2-1-3-6-16/h1-3,5-6,9-11,13,20-21H,4,7-8,12,15H2. The molecule has 2 heterocycles. The Morgan fingerprint density at radius 1 is 1.12 bits per heavy atom. The molecule has 0 aromatic heterocycles. The first kappa shape index (κ1) is 16.1. The van der Waals surface area contributed by atoms with E-state index in [1.165, 1.54) is 24.1 Å². The summed E-state index contributed by atoms with van der Waals surface area (Å²) in [5.41, 5.74) is 3.82. The summed E-state index contributed by atoms with van der Waals surface area (Å²) < 4.78 is 13.7. The van der Waals surface area contributed by atoms with E-state index in [1.54, 1.807) is 6.07 Å². The van der Waals surface area contributed by atoms with Gasteiger partial charge in [-0.1, -0.05) is 42.8 Å². The molecule has 2 aliphatic rings. The van der Waals surface area contributed by atoms with Gasteiger partial charge in [-0.2, -0.15) is 5.26 Å². The summed E-state index contributed by atoms with van der Waals surface area (Å²) in [6.45, 7) is 0.953. The Bertz CT molecular complexity index is 835. The average Bonchev–Trinajstić information content (AvgIpc) is 2.62. The highest BCUT2D eigenvalue weighted by molar-refractivity contribution is 5.72. The fourth-order valence-electron chi connectivity index (χ4n) is 4.24. The molecule has 2 aliphatic heterocycles. The zero-order valence-electron chi connectivity index (χ0n) is 14.2. The SMILES string of the molecule is N#Cc1ccc(F)cc1C1=CC2CCCC(C1)N2Cc1ccccc1. The molecule has 0 amide bonds. The van der Waals surface area contributed by atoms with Crippen molar-refractivity contribution in [1.29, 1.82) is 5.26 Å². The number of piperidine rings is 1. The van der Waals surface area contributed by atoms with E-state index in [0.717, 1.165) is 36.9 Å². The molecule has 0 spiro atoms. The molecule has 2 aromatic carbocycles. The summed E-state index contributed by atoms with van der Waals surface area (Å²) in [6, 6.07) is 18.1. The van der Waals surface area contributed by atoms with Gasteiger partial charge in [-0.25, -0.2) is 4.39 Å². The lowest BCUT2D eigenvalue weighted by atomic mass is 9.81. The van der Waals surface area contributed by atoms with Crippen molar-refractivity contribution >= 4 is 5.57 Å². The van der Waals surface area contributed by atoms with Gasteiger partial charge in [-0.3, -0.25) is 4.90 Å². The molecule has 2 unspecified atom stereocenters. The summed E-state index contributed by atoms with van der Waals surface area (Å²) in [7, 11) is 0. The van der Waals surface area contributed by atoms with Gasteiger partial charge in [0.25, 0.3) is 0 Å². The van der Waals surface area contributed by atoms with Crippen LogP contribution in [0.3, 0.4) is 0 Å². The maximum atomic E-state index is 13.7. The minimum Gasteiger partial charge on any atom is -0.289 e. The van der Waals surface area contributed by atoms with Gasteiger partial charge in [0.2, 0.25) is 0 Å². The molecule has 4 rings (SSSR count). The highest BCUT2D eigenvalue weighted by Crippen LogP contribution is 2.38. The molecule has 0 aliphatic carbocycles. The first-order chi connectivity index (χ1) is 12.2. The van der Waals surface area contributed by atoms with Gasteiger partial charge in [-0.05, 0) is 54.2 Å². The first-order valence-corrected chi connectivity index (χ1v) is 8.95.